The third-order valence-electron chi connectivity index (χ3n) is 2.73. The predicted octanol–water partition coefficient (Wildman–Crippen LogP) is 2.65. The third-order valence-corrected chi connectivity index (χ3v) is 2.96. The molecule has 1 aromatic heterocycles. The molecule has 0 amide bonds. The molecule has 0 bridgehead atoms. The molecule has 2 aromatic rings. The van der Waals surface area contributed by atoms with Crippen molar-refractivity contribution in [1.29, 1.82) is 0 Å². The normalized spacial score (nSPS) is 10.9. The van der Waals surface area contributed by atoms with E-state index in [-0.39, 0.29) is 5.82 Å². The van der Waals surface area contributed by atoms with Crippen molar-refractivity contribution >= 4 is 11.6 Å². The zero-order chi connectivity index (χ0) is 12.6. The molecule has 0 aliphatic heterocycles. The molecule has 0 saturated heterocycles. The molecule has 2 rings (SSSR count). The molecular weight excluding hydrogens is 241 g/mol. The largest absolute Gasteiger partial charge is 0.330 e. The molecule has 0 fully saturated rings. The van der Waals surface area contributed by atoms with Crippen molar-refractivity contribution in [3.63, 3.8) is 0 Å². The number of nitrogens with two attached hydrogens (primary N) is 1. The van der Waals surface area contributed by atoms with Gasteiger partial charge in [0.15, 0.2) is 0 Å². The fourth-order valence-electron chi connectivity index (χ4n) is 1.93. The van der Waals surface area contributed by atoms with Gasteiger partial charge in [-0.05, 0) is 25.1 Å². The highest BCUT2D eigenvalue weighted by Crippen LogP contribution is 2.28. The van der Waals surface area contributed by atoms with Gasteiger partial charge in [-0.2, -0.15) is 0 Å². The minimum Gasteiger partial charge on any atom is -0.330 e. The van der Waals surface area contributed by atoms with E-state index >= 15 is 0 Å². The van der Waals surface area contributed by atoms with Crippen LogP contribution in [0.3, 0.4) is 0 Å². The Bertz CT molecular complexity index is 563. The van der Waals surface area contributed by atoms with Crippen LogP contribution in [0.4, 0.5) is 4.39 Å². The minimum atomic E-state index is -0.316. The molecule has 1 aromatic carbocycles. The van der Waals surface area contributed by atoms with Crippen molar-refractivity contribution in [2.24, 2.45) is 12.8 Å². The van der Waals surface area contributed by atoms with E-state index in [4.69, 9.17) is 17.3 Å². The molecule has 17 heavy (non-hydrogen) atoms. The lowest BCUT2D eigenvalue weighted by molar-refractivity contribution is 0.629. The van der Waals surface area contributed by atoms with Crippen LogP contribution in [0, 0.1) is 12.7 Å². The Labute approximate surface area is 104 Å². The fraction of sp³-hybridized carbons (Fsp3) is 0.250. The van der Waals surface area contributed by atoms with Gasteiger partial charge in [0, 0.05) is 17.6 Å². The van der Waals surface area contributed by atoms with Crippen LogP contribution in [0.1, 0.15) is 11.5 Å². The van der Waals surface area contributed by atoms with Gasteiger partial charge >= 0.3 is 0 Å². The summed E-state index contributed by atoms with van der Waals surface area (Å²) in [5.74, 6) is 0.404. The highest BCUT2D eigenvalue weighted by molar-refractivity contribution is 6.30. The Morgan fingerprint density at radius 3 is 2.76 bits per heavy atom. The smallest absolute Gasteiger partial charge is 0.132 e. The van der Waals surface area contributed by atoms with Gasteiger partial charge in [0.1, 0.15) is 11.6 Å². The lowest BCUT2D eigenvalue weighted by atomic mass is 10.1. The maximum Gasteiger partial charge on any atom is 0.132 e. The summed E-state index contributed by atoms with van der Waals surface area (Å²) in [6.45, 7) is 2.15. The standard InChI is InChI=1S/C12H13ClFN3/c1-7-12(17(2)11(6-15)16-7)9-5-8(13)3-4-10(9)14/h3-5H,6,15H2,1-2H3. The molecule has 1 heterocycles. The molecule has 90 valence electrons. The van der Waals surface area contributed by atoms with Crippen LogP contribution < -0.4 is 5.73 Å². The van der Waals surface area contributed by atoms with Crippen molar-refractivity contribution < 1.29 is 4.39 Å². The quantitative estimate of drug-likeness (QED) is 0.894. The second-order valence-corrected chi connectivity index (χ2v) is 4.29. The summed E-state index contributed by atoms with van der Waals surface area (Å²) in [6.07, 6.45) is 0. The van der Waals surface area contributed by atoms with Crippen molar-refractivity contribution in [1.82, 2.24) is 9.55 Å². The Kier molecular flexibility index (Phi) is 3.17. The minimum absolute atomic E-state index is 0.316. The second-order valence-electron chi connectivity index (χ2n) is 3.85. The fourth-order valence-corrected chi connectivity index (χ4v) is 2.10. The first-order chi connectivity index (χ1) is 8.04. The number of benzene rings is 1. The van der Waals surface area contributed by atoms with Gasteiger partial charge in [-0.1, -0.05) is 11.6 Å². The Hall–Kier alpha value is -1.39. The van der Waals surface area contributed by atoms with Crippen LogP contribution in [0.5, 0.6) is 0 Å². The number of aryl methyl sites for hydroxylation is 1. The first-order valence-corrected chi connectivity index (χ1v) is 5.60. The first kappa shape index (κ1) is 12.1. The molecule has 0 atom stereocenters. The first-order valence-electron chi connectivity index (χ1n) is 5.22. The van der Waals surface area contributed by atoms with Gasteiger partial charge in [-0.25, -0.2) is 9.37 Å². The summed E-state index contributed by atoms with van der Waals surface area (Å²) in [5.41, 5.74) is 7.48. The van der Waals surface area contributed by atoms with E-state index in [0.29, 0.717) is 22.8 Å². The average molecular weight is 254 g/mol. The number of halogens is 2. The third kappa shape index (κ3) is 2.06. The van der Waals surface area contributed by atoms with Crippen molar-refractivity contribution in [3.8, 4) is 11.3 Å². The van der Waals surface area contributed by atoms with Crippen LogP contribution in [0.2, 0.25) is 5.02 Å². The van der Waals surface area contributed by atoms with Crippen LogP contribution in [-0.2, 0) is 13.6 Å². The van der Waals surface area contributed by atoms with E-state index in [1.807, 2.05) is 14.0 Å². The van der Waals surface area contributed by atoms with Crippen LogP contribution in [0.25, 0.3) is 11.3 Å². The summed E-state index contributed by atoms with van der Waals surface area (Å²) < 4.78 is 15.6. The number of rotatable bonds is 2. The topological polar surface area (TPSA) is 43.8 Å². The maximum absolute atomic E-state index is 13.8. The summed E-state index contributed by atoms with van der Waals surface area (Å²) in [6, 6.07) is 4.48. The van der Waals surface area contributed by atoms with Gasteiger partial charge in [-0.15, -0.1) is 0 Å². The second kappa shape index (κ2) is 4.47. The molecule has 0 saturated carbocycles. The Morgan fingerprint density at radius 1 is 1.47 bits per heavy atom. The number of nitrogens with zero attached hydrogens (tertiary/aromatic N) is 2. The lowest BCUT2D eigenvalue weighted by Gasteiger charge is -2.07. The van der Waals surface area contributed by atoms with Crippen molar-refractivity contribution in [3.05, 3.63) is 40.6 Å². The number of hydrogen-bond acceptors (Lipinski definition) is 2. The Balaban J connectivity index is 2.68. The van der Waals surface area contributed by atoms with Crippen LogP contribution in [0.15, 0.2) is 18.2 Å². The summed E-state index contributed by atoms with van der Waals surface area (Å²) in [4.78, 5) is 4.30. The van der Waals surface area contributed by atoms with E-state index in [2.05, 4.69) is 4.98 Å². The predicted molar refractivity (Wildman–Crippen MR) is 66.2 cm³/mol. The SMILES string of the molecule is Cc1nc(CN)n(C)c1-c1cc(Cl)ccc1F. The van der Waals surface area contributed by atoms with Gasteiger partial charge in [0.05, 0.1) is 17.9 Å². The molecule has 0 spiro atoms. The maximum atomic E-state index is 13.8. The summed E-state index contributed by atoms with van der Waals surface area (Å²) in [7, 11) is 1.82. The zero-order valence-electron chi connectivity index (χ0n) is 9.67. The molecule has 0 radical (unpaired) electrons. The van der Waals surface area contributed by atoms with Gasteiger partial charge in [0.25, 0.3) is 0 Å². The molecule has 0 unspecified atom stereocenters. The lowest BCUT2D eigenvalue weighted by Crippen LogP contribution is -2.05. The molecule has 3 nitrogen and oxygen atoms in total. The van der Waals surface area contributed by atoms with Gasteiger partial charge in [0.2, 0.25) is 0 Å². The highest BCUT2D eigenvalue weighted by atomic mass is 35.5. The highest BCUT2D eigenvalue weighted by Gasteiger charge is 2.16. The van der Waals surface area contributed by atoms with Gasteiger partial charge in [-0.3, -0.25) is 0 Å². The molecular formula is C12H13ClFN3. The van der Waals surface area contributed by atoms with E-state index in [0.717, 1.165) is 11.5 Å². The molecule has 2 N–H and O–H groups in total. The van der Waals surface area contributed by atoms with Crippen LogP contribution >= 0.6 is 11.6 Å². The molecule has 0 aliphatic rings. The van der Waals surface area contributed by atoms with E-state index in [9.17, 15) is 4.39 Å². The summed E-state index contributed by atoms with van der Waals surface area (Å²) >= 11 is 5.89. The molecule has 0 aliphatic carbocycles. The average Bonchev–Trinajstić information content (AvgIpc) is 2.58. The van der Waals surface area contributed by atoms with E-state index in [1.54, 1.807) is 10.6 Å². The van der Waals surface area contributed by atoms with Crippen molar-refractivity contribution in [2.45, 2.75) is 13.5 Å². The monoisotopic (exact) mass is 253 g/mol. The number of aromatic nitrogens is 2. The zero-order valence-corrected chi connectivity index (χ0v) is 10.4. The number of imidazole rings is 1. The summed E-state index contributed by atoms with van der Waals surface area (Å²) in [5, 5.41) is 0.497. The van der Waals surface area contributed by atoms with Crippen molar-refractivity contribution in [2.75, 3.05) is 0 Å². The molecule has 5 heteroatoms. The van der Waals surface area contributed by atoms with E-state index in [1.165, 1.54) is 12.1 Å². The number of hydrogen-bond donors (Lipinski definition) is 1. The van der Waals surface area contributed by atoms with Gasteiger partial charge < -0.3 is 10.3 Å². The van der Waals surface area contributed by atoms with Crippen LogP contribution in [-0.4, -0.2) is 9.55 Å². The Morgan fingerprint density at radius 2 is 2.18 bits per heavy atom. The van der Waals surface area contributed by atoms with E-state index < -0.39 is 0 Å².